The molecule has 7 heteroatoms. The van der Waals surface area contributed by atoms with Gasteiger partial charge in [-0.1, -0.05) is 13.3 Å². The number of ether oxygens (including phenoxy) is 1. The Morgan fingerprint density at radius 2 is 1.84 bits per heavy atom. The van der Waals surface area contributed by atoms with Crippen LogP contribution >= 0.6 is 0 Å². The summed E-state index contributed by atoms with van der Waals surface area (Å²) in [6.07, 6.45) is 1.71. The molecule has 0 aliphatic rings. The van der Waals surface area contributed by atoms with Gasteiger partial charge in [-0.05, 0) is 20.3 Å². The van der Waals surface area contributed by atoms with E-state index in [1.54, 1.807) is 13.8 Å². The summed E-state index contributed by atoms with van der Waals surface area (Å²) in [7, 11) is 1.45. The summed E-state index contributed by atoms with van der Waals surface area (Å²) in [6.45, 7) is 5.24. The topological polar surface area (TPSA) is 96.5 Å². The van der Waals surface area contributed by atoms with E-state index in [1.165, 1.54) is 7.05 Å². The number of hydrogen-bond acceptors (Lipinski definition) is 4. The smallest absolute Gasteiger partial charge is 0.331 e. The molecule has 110 valence electrons. The lowest BCUT2D eigenvalue weighted by atomic mass is 10.1. The molecule has 0 radical (unpaired) electrons. The van der Waals surface area contributed by atoms with Gasteiger partial charge in [0.25, 0.3) is 0 Å². The highest BCUT2D eigenvalue weighted by Gasteiger charge is 2.30. The molecule has 0 fully saturated rings. The molecular weight excluding hydrogens is 250 g/mol. The van der Waals surface area contributed by atoms with Crippen LogP contribution in [-0.2, 0) is 14.3 Å². The largest absolute Gasteiger partial charge is 0.464 e. The molecule has 0 aromatic carbocycles. The molecule has 0 aromatic heterocycles. The number of carbonyl (C=O) groups excluding carboxylic acids is 3. The van der Waals surface area contributed by atoms with Crippen LogP contribution in [-0.4, -0.2) is 43.6 Å². The number of amides is 3. The van der Waals surface area contributed by atoms with E-state index in [2.05, 4.69) is 16.0 Å². The third kappa shape index (κ3) is 7.28. The van der Waals surface area contributed by atoms with Gasteiger partial charge < -0.3 is 20.7 Å². The Balaban J connectivity index is 4.15. The first-order valence-corrected chi connectivity index (χ1v) is 6.27. The van der Waals surface area contributed by atoms with E-state index in [-0.39, 0.29) is 6.54 Å². The lowest BCUT2D eigenvalue weighted by Gasteiger charge is -2.24. The van der Waals surface area contributed by atoms with Crippen LogP contribution in [0.3, 0.4) is 0 Å². The molecule has 0 bridgehead atoms. The molecule has 0 aliphatic heterocycles. The SMILES string of the molecule is CCCCOC(=O)C(C)(C)NC(=O)CNC(=O)NC. The van der Waals surface area contributed by atoms with Gasteiger partial charge in [0.2, 0.25) is 5.91 Å². The number of unbranched alkanes of at least 4 members (excludes halogenated alkanes) is 1. The van der Waals surface area contributed by atoms with Gasteiger partial charge in [0, 0.05) is 7.05 Å². The molecule has 0 spiro atoms. The number of carbonyl (C=O) groups is 3. The highest BCUT2D eigenvalue weighted by Crippen LogP contribution is 2.05. The molecular formula is C12H23N3O4. The van der Waals surface area contributed by atoms with Crippen molar-refractivity contribution in [2.45, 2.75) is 39.2 Å². The van der Waals surface area contributed by atoms with Gasteiger partial charge in [0.1, 0.15) is 5.54 Å². The van der Waals surface area contributed by atoms with Crippen LogP contribution in [0.4, 0.5) is 4.79 Å². The molecule has 19 heavy (non-hydrogen) atoms. The van der Waals surface area contributed by atoms with Crippen molar-refractivity contribution >= 4 is 17.9 Å². The normalized spacial score (nSPS) is 10.5. The number of nitrogens with one attached hydrogen (secondary N) is 3. The third-order valence-corrected chi connectivity index (χ3v) is 2.33. The van der Waals surface area contributed by atoms with Crippen molar-refractivity contribution in [1.29, 1.82) is 0 Å². The molecule has 0 heterocycles. The van der Waals surface area contributed by atoms with E-state index >= 15 is 0 Å². The summed E-state index contributed by atoms with van der Waals surface area (Å²) < 4.78 is 5.04. The first-order chi connectivity index (χ1) is 8.83. The van der Waals surface area contributed by atoms with Crippen LogP contribution < -0.4 is 16.0 Å². The Hall–Kier alpha value is -1.79. The molecule has 0 aliphatic carbocycles. The predicted molar refractivity (Wildman–Crippen MR) is 70.5 cm³/mol. The molecule has 0 unspecified atom stereocenters. The minimum Gasteiger partial charge on any atom is -0.464 e. The zero-order valence-electron chi connectivity index (χ0n) is 12.0. The van der Waals surface area contributed by atoms with Crippen molar-refractivity contribution < 1.29 is 19.1 Å². The van der Waals surface area contributed by atoms with Crippen molar-refractivity contribution in [1.82, 2.24) is 16.0 Å². The number of urea groups is 1. The second-order valence-corrected chi connectivity index (χ2v) is 4.60. The minimum atomic E-state index is -1.12. The Bertz CT molecular complexity index is 329. The quantitative estimate of drug-likeness (QED) is 0.454. The van der Waals surface area contributed by atoms with Crippen molar-refractivity contribution in [3.63, 3.8) is 0 Å². The maximum Gasteiger partial charge on any atom is 0.331 e. The first kappa shape index (κ1) is 17.2. The average Bonchev–Trinajstić information content (AvgIpc) is 2.35. The zero-order chi connectivity index (χ0) is 14.9. The van der Waals surface area contributed by atoms with Crippen LogP contribution in [0.2, 0.25) is 0 Å². The van der Waals surface area contributed by atoms with Gasteiger partial charge in [-0.25, -0.2) is 9.59 Å². The van der Waals surface area contributed by atoms with E-state index in [1.807, 2.05) is 6.92 Å². The van der Waals surface area contributed by atoms with Gasteiger partial charge in [0.05, 0.1) is 13.2 Å². The number of hydrogen-bond donors (Lipinski definition) is 3. The summed E-state index contributed by atoms with van der Waals surface area (Å²) in [5.41, 5.74) is -1.12. The average molecular weight is 273 g/mol. The first-order valence-electron chi connectivity index (χ1n) is 6.27. The molecule has 3 amide bonds. The summed E-state index contributed by atoms with van der Waals surface area (Å²) in [5.74, 6) is -0.949. The second-order valence-electron chi connectivity index (χ2n) is 4.60. The highest BCUT2D eigenvalue weighted by atomic mass is 16.5. The zero-order valence-corrected chi connectivity index (χ0v) is 12.0. The molecule has 0 saturated heterocycles. The van der Waals surface area contributed by atoms with Crippen LogP contribution in [0.1, 0.15) is 33.6 Å². The van der Waals surface area contributed by atoms with Gasteiger partial charge in [-0.2, -0.15) is 0 Å². The van der Waals surface area contributed by atoms with Crippen molar-refractivity contribution in [3.8, 4) is 0 Å². The van der Waals surface area contributed by atoms with E-state index in [0.717, 1.165) is 12.8 Å². The highest BCUT2D eigenvalue weighted by molar-refractivity contribution is 5.89. The van der Waals surface area contributed by atoms with E-state index in [9.17, 15) is 14.4 Å². The Morgan fingerprint density at radius 1 is 1.21 bits per heavy atom. The fraction of sp³-hybridized carbons (Fsp3) is 0.750. The molecule has 0 rings (SSSR count). The third-order valence-electron chi connectivity index (χ3n) is 2.33. The maximum atomic E-state index is 11.7. The molecule has 3 N–H and O–H groups in total. The van der Waals surface area contributed by atoms with E-state index < -0.39 is 23.4 Å². The predicted octanol–water partition coefficient (Wildman–Crippen LogP) is 0.154. The summed E-state index contributed by atoms with van der Waals surface area (Å²) >= 11 is 0. The Labute approximate surface area is 113 Å². The maximum absolute atomic E-state index is 11.7. The number of esters is 1. The molecule has 0 atom stereocenters. The summed E-state index contributed by atoms with van der Waals surface area (Å²) in [4.78, 5) is 34.2. The lowest BCUT2D eigenvalue weighted by Crippen LogP contribution is -2.53. The van der Waals surface area contributed by atoms with Crippen molar-refractivity contribution in [3.05, 3.63) is 0 Å². The number of rotatable bonds is 7. The second kappa shape index (κ2) is 8.34. The minimum absolute atomic E-state index is 0.203. The fourth-order valence-electron chi connectivity index (χ4n) is 1.18. The monoisotopic (exact) mass is 273 g/mol. The molecule has 7 nitrogen and oxygen atoms in total. The lowest BCUT2D eigenvalue weighted by molar-refractivity contribution is -0.152. The van der Waals surface area contributed by atoms with Gasteiger partial charge in [-0.15, -0.1) is 0 Å². The van der Waals surface area contributed by atoms with Crippen LogP contribution in [0, 0.1) is 0 Å². The van der Waals surface area contributed by atoms with Crippen LogP contribution in [0.15, 0.2) is 0 Å². The van der Waals surface area contributed by atoms with Crippen molar-refractivity contribution in [2.24, 2.45) is 0 Å². The van der Waals surface area contributed by atoms with Crippen molar-refractivity contribution in [2.75, 3.05) is 20.2 Å². The molecule has 0 saturated carbocycles. The van der Waals surface area contributed by atoms with Crippen LogP contribution in [0.25, 0.3) is 0 Å². The summed E-state index contributed by atoms with van der Waals surface area (Å²) in [5, 5.41) is 7.16. The molecule has 0 aromatic rings. The summed E-state index contributed by atoms with van der Waals surface area (Å²) in [6, 6.07) is -0.460. The van der Waals surface area contributed by atoms with Gasteiger partial charge in [-0.3, -0.25) is 4.79 Å². The Kier molecular flexibility index (Phi) is 7.55. The Morgan fingerprint density at radius 3 is 2.37 bits per heavy atom. The standard InChI is InChI=1S/C12H23N3O4/c1-5-6-7-19-10(17)12(2,3)15-9(16)8-14-11(18)13-4/h5-8H2,1-4H3,(H,15,16)(H2,13,14,18). The van der Waals surface area contributed by atoms with Gasteiger partial charge >= 0.3 is 12.0 Å². The van der Waals surface area contributed by atoms with Gasteiger partial charge in [0.15, 0.2) is 0 Å². The van der Waals surface area contributed by atoms with Crippen LogP contribution in [0.5, 0.6) is 0 Å². The van der Waals surface area contributed by atoms with E-state index in [4.69, 9.17) is 4.74 Å². The fourth-order valence-corrected chi connectivity index (χ4v) is 1.18. The van der Waals surface area contributed by atoms with E-state index in [0.29, 0.717) is 6.61 Å².